The smallest absolute Gasteiger partial charge is 0.326 e. The van der Waals surface area contributed by atoms with Crippen LogP contribution in [0.1, 0.15) is 22.7 Å². The highest BCUT2D eigenvalue weighted by molar-refractivity contribution is 7.98. The minimum absolute atomic E-state index is 0.0558. The summed E-state index contributed by atoms with van der Waals surface area (Å²) in [6, 6.07) is 1.75. The number of amides is 1. The van der Waals surface area contributed by atoms with Crippen molar-refractivity contribution in [1.29, 1.82) is 0 Å². The van der Waals surface area contributed by atoms with Crippen LogP contribution in [0.2, 0.25) is 0 Å². The van der Waals surface area contributed by atoms with Crippen LogP contribution in [0.15, 0.2) is 16.5 Å². The molecule has 1 heterocycles. The average molecular weight is 339 g/mol. The number of thioether (sulfide) groups is 2. The normalized spacial score (nSPS) is 12.4. The Morgan fingerprint density at radius 1 is 1.43 bits per heavy atom. The zero-order valence-corrected chi connectivity index (χ0v) is 12.8. The lowest BCUT2D eigenvalue weighted by Crippen LogP contribution is -2.41. The second-order valence-corrected chi connectivity index (χ2v) is 5.95. The predicted octanol–water partition coefficient (Wildman–Crippen LogP) is 2.67. The minimum Gasteiger partial charge on any atom is -0.480 e. The first-order valence-corrected chi connectivity index (χ1v) is 8.39. The molecule has 0 saturated carbocycles. The van der Waals surface area contributed by atoms with E-state index in [1.807, 2.05) is 6.26 Å². The monoisotopic (exact) mass is 339 g/mol. The fraction of sp³-hybridized carbons (Fsp3) is 0.500. The Kier molecular flexibility index (Phi) is 7.58. The van der Waals surface area contributed by atoms with Crippen molar-refractivity contribution < 1.29 is 27.9 Å². The van der Waals surface area contributed by atoms with Crippen LogP contribution in [0.4, 0.5) is 8.78 Å². The van der Waals surface area contributed by atoms with Crippen molar-refractivity contribution in [2.24, 2.45) is 0 Å². The molecular formula is C12H15F2NO4S2. The second kappa shape index (κ2) is 8.93. The van der Waals surface area contributed by atoms with Gasteiger partial charge in [-0.05, 0) is 30.6 Å². The number of rotatable bonds is 9. The molecule has 0 aliphatic carbocycles. The van der Waals surface area contributed by atoms with Gasteiger partial charge in [0.1, 0.15) is 11.8 Å². The highest BCUT2D eigenvalue weighted by Gasteiger charge is 2.22. The summed E-state index contributed by atoms with van der Waals surface area (Å²) in [6.07, 6.45) is 2.12. The second-order valence-electron chi connectivity index (χ2n) is 3.98. The van der Waals surface area contributed by atoms with E-state index in [2.05, 4.69) is 5.32 Å². The average Bonchev–Trinajstić information content (AvgIpc) is 2.89. The Bertz CT molecular complexity index is 482. The fourth-order valence-corrected chi connectivity index (χ4v) is 2.36. The molecule has 1 aromatic rings. The third-order valence-electron chi connectivity index (χ3n) is 2.45. The molecule has 21 heavy (non-hydrogen) atoms. The van der Waals surface area contributed by atoms with Crippen molar-refractivity contribution in [1.82, 2.24) is 5.32 Å². The third-order valence-corrected chi connectivity index (χ3v) is 3.80. The van der Waals surface area contributed by atoms with Gasteiger partial charge in [-0.15, -0.1) is 0 Å². The van der Waals surface area contributed by atoms with E-state index in [1.54, 1.807) is 0 Å². The minimum atomic E-state index is -2.52. The Morgan fingerprint density at radius 2 is 2.14 bits per heavy atom. The number of carbonyl (C=O) groups is 2. The molecule has 0 aliphatic rings. The largest absolute Gasteiger partial charge is 0.480 e. The zero-order chi connectivity index (χ0) is 15.8. The zero-order valence-electron chi connectivity index (χ0n) is 11.2. The number of carboxylic acid groups (broad SMARTS) is 1. The van der Waals surface area contributed by atoms with Gasteiger partial charge in [-0.3, -0.25) is 4.79 Å². The summed E-state index contributed by atoms with van der Waals surface area (Å²) in [5, 5.41) is 11.4. The molecule has 0 aliphatic heterocycles. The van der Waals surface area contributed by atoms with E-state index in [9.17, 15) is 18.4 Å². The number of halogens is 2. The number of aliphatic carboxylic acids is 1. The van der Waals surface area contributed by atoms with Crippen LogP contribution in [-0.2, 0) is 10.5 Å². The number of furan rings is 1. The maximum Gasteiger partial charge on any atom is 0.326 e. The van der Waals surface area contributed by atoms with Crippen molar-refractivity contribution in [3.63, 3.8) is 0 Å². The predicted molar refractivity (Wildman–Crippen MR) is 77.9 cm³/mol. The lowest BCUT2D eigenvalue weighted by molar-refractivity contribution is -0.139. The van der Waals surface area contributed by atoms with Gasteiger partial charge in [0.25, 0.3) is 11.7 Å². The van der Waals surface area contributed by atoms with E-state index < -0.39 is 23.7 Å². The van der Waals surface area contributed by atoms with Crippen LogP contribution in [0.5, 0.6) is 0 Å². The molecule has 0 radical (unpaired) electrons. The molecule has 0 bridgehead atoms. The molecule has 118 valence electrons. The molecule has 1 rings (SSSR count). The van der Waals surface area contributed by atoms with Gasteiger partial charge in [-0.25, -0.2) is 4.79 Å². The molecule has 0 aromatic carbocycles. The topological polar surface area (TPSA) is 79.5 Å². The Labute approximate surface area is 128 Å². The van der Waals surface area contributed by atoms with Crippen molar-refractivity contribution in [2.45, 2.75) is 24.0 Å². The first kappa shape index (κ1) is 17.8. The maximum atomic E-state index is 12.0. The number of carbonyl (C=O) groups excluding carboxylic acids is 1. The molecule has 1 atom stereocenters. The van der Waals surface area contributed by atoms with Crippen LogP contribution in [-0.4, -0.2) is 40.8 Å². The first-order chi connectivity index (χ1) is 9.93. The van der Waals surface area contributed by atoms with Crippen LogP contribution in [0.3, 0.4) is 0 Å². The van der Waals surface area contributed by atoms with Crippen LogP contribution >= 0.6 is 23.5 Å². The van der Waals surface area contributed by atoms with Crippen molar-refractivity contribution in [2.75, 3.05) is 12.0 Å². The highest BCUT2D eigenvalue weighted by Crippen LogP contribution is 2.21. The van der Waals surface area contributed by atoms with Gasteiger partial charge < -0.3 is 14.8 Å². The number of carboxylic acids is 1. The van der Waals surface area contributed by atoms with Crippen LogP contribution in [0.25, 0.3) is 0 Å². The highest BCUT2D eigenvalue weighted by atomic mass is 32.2. The molecule has 0 saturated heterocycles. The van der Waals surface area contributed by atoms with Gasteiger partial charge in [0.2, 0.25) is 0 Å². The molecule has 5 nitrogen and oxygen atoms in total. The molecule has 1 aromatic heterocycles. The molecule has 0 spiro atoms. The van der Waals surface area contributed by atoms with E-state index >= 15 is 0 Å². The summed E-state index contributed by atoms with van der Waals surface area (Å²) in [5.74, 6) is -3.63. The van der Waals surface area contributed by atoms with E-state index in [1.165, 1.54) is 23.9 Å². The van der Waals surface area contributed by atoms with Gasteiger partial charge in [-0.1, -0.05) is 11.8 Å². The summed E-state index contributed by atoms with van der Waals surface area (Å²) < 4.78 is 29.2. The Morgan fingerprint density at radius 3 is 2.71 bits per heavy atom. The molecule has 1 amide bonds. The number of hydrogen-bond acceptors (Lipinski definition) is 5. The third kappa shape index (κ3) is 6.38. The summed E-state index contributed by atoms with van der Waals surface area (Å²) in [5.41, 5.74) is 0. The lowest BCUT2D eigenvalue weighted by atomic mass is 10.2. The quantitative estimate of drug-likeness (QED) is 0.720. The van der Waals surface area contributed by atoms with Crippen LogP contribution in [0, 0.1) is 0 Å². The van der Waals surface area contributed by atoms with Crippen molar-refractivity contribution in [3.8, 4) is 0 Å². The van der Waals surface area contributed by atoms with E-state index in [4.69, 9.17) is 9.52 Å². The van der Waals surface area contributed by atoms with E-state index in [-0.39, 0.29) is 23.7 Å². The van der Waals surface area contributed by atoms with Crippen molar-refractivity contribution in [3.05, 3.63) is 23.7 Å². The standard InChI is InChI=1S/C12H15F2NO4S2/c1-20-5-4-8(11(17)18)15-10(16)9-3-2-7(19-9)6-21-12(13)14/h2-3,8,12H,4-6H2,1H3,(H,15,16)(H,17,18)/t8-/m0/s1. The Balaban J connectivity index is 2.59. The van der Waals surface area contributed by atoms with Gasteiger partial charge >= 0.3 is 5.97 Å². The summed E-state index contributed by atoms with van der Waals surface area (Å²) in [6.45, 7) is 0. The van der Waals surface area contributed by atoms with E-state index in [0.717, 1.165) is 0 Å². The fourth-order valence-electron chi connectivity index (χ4n) is 1.45. The van der Waals surface area contributed by atoms with Gasteiger partial charge in [-0.2, -0.15) is 20.5 Å². The van der Waals surface area contributed by atoms with Crippen LogP contribution < -0.4 is 5.32 Å². The van der Waals surface area contributed by atoms with Gasteiger partial charge in [0, 0.05) is 0 Å². The SMILES string of the molecule is CSCC[C@H](NC(=O)c1ccc(CSC(F)F)o1)C(=O)O. The molecule has 0 unspecified atom stereocenters. The molecule has 0 fully saturated rings. The number of alkyl halides is 2. The van der Waals surface area contributed by atoms with Crippen molar-refractivity contribution >= 4 is 35.4 Å². The first-order valence-electron chi connectivity index (χ1n) is 5.95. The lowest BCUT2D eigenvalue weighted by Gasteiger charge is -2.12. The summed E-state index contributed by atoms with van der Waals surface area (Å²) in [4.78, 5) is 22.9. The summed E-state index contributed by atoms with van der Waals surface area (Å²) in [7, 11) is 0. The van der Waals surface area contributed by atoms with E-state index in [0.29, 0.717) is 17.5 Å². The summed E-state index contributed by atoms with van der Waals surface area (Å²) >= 11 is 1.86. The Hall–Kier alpha value is -1.22. The van der Waals surface area contributed by atoms with Gasteiger partial charge in [0.05, 0.1) is 5.75 Å². The maximum absolute atomic E-state index is 12.0. The molecular weight excluding hydrogens is 324 g/mol. The molecule has 2 N–H and O–H groups in total. The number of hydrogen-bond donors (Lipinski definition) is 2. The molecule has 9 heteroatoms. The van der Waals surface area contributed by atoms with Gasteiger partial charge in [0.15, 0.2) is 5.76 Å². The number of nitrogens with one attached hydrogen (secondary N) is 1.